The first-order chi connectivity index (χ1) is 8.76. The molecule has 0 aromatic heterocycles. The first-order valence-electron chi connectivity index (χ1n) is 6.69. The maximum Gasteiger partial charge on any atom is 0.408 e. The summed E-state index contributed by atoms with van der Waals surface area (Å²) in [6, 6.07) is -0.892. The Labute approximate surface area is 114 Å². The summed E-state index contributed by atoms with van der Waals surface area (Å²) in [5.41, 5.74) is -0.627. The van der Waals surface area contributed by atoms with Crippen molar-refractivity contribution in [3.8, 4) is 0 Å². The lowest BCUT2D eigenvalue weighted by Crippen LogP contribution is -2.43. The smallest absolute Gasteiger partial charge is 0.408 e. The van der Waals surface area contributed by atoms with Crippen LogP contribution < -0.4 is 10.6 Å². The quantitative estimate of drug-likeness (QED) is 0.587. The van der Waals surface area contributed by atoms with Crippen molar-refractivity contribution >= 4 is 12.1 Å². The summed E-state index contributed by atoms with van der Waals surface area (Å²) in [4.78, 5) is 22.5. The van der Waals surface area contributed by atoms with Gasteiger partial charge in [0.1, 0.15) is 11.6 Å². The molecule has 6 heteroatoms. The van der Waals surface area contributed by atoms with Gasteiger partial charge in [-0.25, -0.2) is 9.59 Å². The molecule has 0 aromatic rings. The average Bonchev–Trinajstić information content (AvgIpc) is 2.24. The van der Waals surface area contributed by atoms with Crippen LogP contribution >= 0.6 is 0 Å². The van der Waals surface area contributed by atoms with Crippen LogP contribution in [0.2, 0.25) is 0 Å². The summed E-state index contributed by atoms with van der Waals surface area (Å²) in [6.45, 7) is 8.98. The van der Waals surface area contributed by atoms with E-state index in [9.17, 15) is 9.59 Å². The van der Waals surface area contributed by atoms with Gasteiger partial charge in [0.05, 0.1) is 0 Å². The van der Waals surface area contributed by atoms with E-state index in [1.807, 2.05) is 6.92 Å². The third-order valence-electron chi connectivity index (χ3n) is 2.34. The van der Waals surface area contributed by atoms with Crippen LogP contribution in [-0.2, 0) is 9.53 Å². The topological polar surface area (TPSA) is 87.7 Å². The van der Waals surface area contributed by atoms with Gasteiger partial charge in [0, 0.05) is 0 Å². The molecule has 112 valence electrons. The predicted molar refractivity (Wildman–Crippen MR) is 73.2 cm³/mol. The van der Waals surface area contributed by atoms with Gasteiger partial charge in [0.2, 0.25) is 0 Å². The molecule has 0 saturated carbocycles. The largest absolute Gasteiger partial charge is 0.480 e. The van der Waals surface area contributed by atoms with E-state index in [4.69, 9.17) is 9.84 Å². The highest BCUT2D eigenvalue weighted by atomic mass is 16.6. The van der Waals surface area contributed by atoms with Gasteiger partial charge in [-0.2, -0.15) is 0 Å². The number of aliphatic carboxylic acids is 1. The fourth-order valence-corrected chi connectivity index (χ4v) is 1.48. The highest BCUT2D eigenvalue weighted by Crippen LogP contribution is 2.08. The van der Waals surface area contributed by atoms with Crippen molar-refractivity contribution in [2.24, 2.45) is 0 Å². The van der Waals surface area contributed by atoms with E-state index in [-0.39, 0.29) is 0 Å². The van der Waals surface area contributed by atoms with Crippen molar-refractivity contribution in [1.29, 1.82) is 0 Å². The number of carbonyl (C=O) groups is 2. The number of nitrogens with one attached hydrogen (secondary N) is 2. The molecule has 0 spiro atoms. The molecule has 19 heavy (non-hydrogen) atoms. The van der Waals surface area contributed by atoms with E-state index >= 15 is 0 Å². The molecule has 0 aliphatic carbocycles. The molecule has 0 aliphatic rings. The fraction of sp³-hybridized carbons (Fsp3) is 0.846. The monoisotopic (exact) mass is 274 g/mol. The Bertz CT molecular complexity index is 287. The molecule has 0 saturated heterocycles. The summed E-state index contributed by atoms with van der Waals surface area (Å²) in [5, 5.41) is 14.6. The number of hydrogen-bond acceptors (Lipinski definition) is 4. The lowest BCUT2D eigenvalue weighted by atomic mass is 10.1. The normalized spacial score (nSPS) is 12.8. The van der Waals surface area contributed by atoms with Crippen LogP contribution in [0.25, 0.3) is 0 Å². The van der Waals surface area contributed by atoms with Crippen molar-refractivity contribution in [2.45, 2.75) is 58.6 Å². The molecule has 0 rings (SSSR count). The molecule has 1 unspecified atom stereocenters. The van der Waals surface area contributed by atoms with Gasteiger partial charge in [0.25, 0.3) is 0 Å². The van der Waals surface area contributed by atoms with Gasteiger partial charge in [-0.3, -0.25) is 0 Å². The van der Waals surface area contributed by atoms with Gasteiger partial charge in [-0.1, -0.05) is 6.92 Å². The number of ether oxygens (including phenoxy) is 1. The lowest BCUT2D eigenvalue weighted by molar-refractivity contribution is -0.139. The number of unbranched alkanes of at least 4 members (excludes halogenated alkanes) is 1. The Balaban J connectivity index is 4.05. The third kappa shape index (κ3) is 10.3. The number of rotatable bonds is 8. The summed E-state index contributed by atoms with van der Waals surface area (Å²) >= 11 is 0. The molecule has 0 bridgehead atoms. The third-order valence-corrected chi connectivity index (χ3v) is 2.34. The van der Waals surface area contributed by atoms with Crippen molar-refractivity contribution < 1.29 is 19.4 Å². The van der Waals surface area contributed by atoms with Gasteiger partial charge >= 0.3 is 12.1 Å². The van der Waals surface area contributed by atoms with Crippen molar-refractivity contribution in [1.82, 2.24) is 10.6 Å². The second-order valence-electron chi connectivity index (χ2n) is 5.39. The van der Waals surface area contributed by atoms with Crippen molar-refractivity contribution in [3.05, 3.63) is 0 Å². The molecule has 1 amide bonds. The lowest BCUT2D eigenvalue weighted by Gasteiger charge is -2.22. The van der Waals surface area contributed by atoms with E-state index in [0.717, 1.165) is 25.9 Å². The van der Waals surface area contributed by atoms with Crippen LogP contribution in [0.15, 0.2) is 0 Å². The van der Waals surface area contributed by atoms with Crippen LogP contribution in [-0.4, -0.2) is 41.9 Å². The van der Waals surface area contributed by atoms with E-state index in [2.05, 4.69) is 10.6 Å². The van der Waals surface area contributed by atoms with Crippen molar-refractivity contribution in [3.63, 3.8) is 0 Å². The van der Waals surface area contributed by atoms with Crippen molar-refractivity contribution in [2.75, 3.05) is 13.1 Å². The number of carboxylic acid groups (broad SMARTS) is 1. The van der Waals surface area contributed by atoms with Crippen LogP contribution in [0.5, 0.6) is 0 Å². The number of hydrogen-bond donors (Lipinski definition) is 3. The van der Waals surface area contributed by atoms with Gasteiger partial charge in [-0.15, -0.1) is 0 Å². The molecule has 0 radical (unpaired) electrons. The minimum atomic E-state index is -1.03. The first kappa shape index (κ1) is 17.7. The average molecular weight is 274 g/mol. The molecule has 0 heterocycles. The van der Waals surface area contributed by atoms with Gasteiger partial charge < -0.3 is 20.5 Å². The number of carboxylic acids is 1. The van der Waals surface area contributed by atoms with Gasteiger partial charge in [-0.05, 0) is 53.1 Å². The molecule has 6 nitrogen and oxygen atoms in total. The summed E-state index contributed by atoms with van der Waals surface area (Å²) < 4.78 is 5.04. The van der Waals surface area contributed by atoms with Crippen LogP contribution in [0.4, 0.5) is 4.79 Å². The predicted octanol–water partition coefficient (Wildman–Crippen LogP) is 1.74. The van der Waals surface area contributed by atoms with E-state index in [0.29, 0.717) is 6.42 Å². The number of carbonyl (C=O) groups excluding carboxylic acids is 1. The highest BCUT2D eigenvalue weighted by Gasteiger charge is 2.23. The number of alkyl carbamates (subject to hydrolysis) is 1. The Morgan fingerprint density at radius 2 is 1.89 bits per heavy atom. The first-order valence-corrected chi connectivity index (χ1v) is 6.69. The van der Waals surface area contributed by atoms with Crippen LogP contribution in [0, 0.1) is 0 Å². The Kier molecular flexibility index (Phi) is 8.14. The van der Waals surface area contributed by atoms with E-state index < -0.39 is 23.7 Å². The molecule has 0 aliphatic heterocycles. The Hall–Kier alpha value is -1.30. The minimum absolute atomic E-state index is 0.403. The Morgan fingerprint density at radius 1 is 1.26 bits per heavy atom. The summed E-state index contributed by atoms with van der Waals surface area (Å²) in [5.74, 6) is -1.03. The highest BCUT2D eigenvalue weighted by molar-refractivity contribution is 5.79. The van der Waals surface area contributed by atoms with Gasteiger partial charge in [0.15, 0.2) is 0 Å². The fourth-order valence-electron chi connectivity index (χ4n) is 1.48. The zero-order valence-electron chi connectivity index (χ0n) is 12.3. The molecule has 1 atom stereocenters. The Morgan fingerprint density at radius 3 is 2.37 bits per heavy atom. The molecular formula is C13H26N2O4. The van der Waals surface area contributed by atoms with E-state index in [1.165, 1.54) is 0 Å². The second-order valence-corrected chi connectivity index (χ2v) is 5.39. The zero-order chi connectivity index (χ0) is 14.9. The summed E-state index contributed by atoms with van der Waals surface area (Å²) in [7, 11) is 0. The maximum absolute atomic E-state index is 11.5. The SMILES string of the molecule is CCNCCCCC(NC(=O)OC(C)(C)C)C(=O)O. The summed E-state index contributed by atoms with van der Waals surface area (Å²) in [6.07, 6.45) is 1.33. The molecule has 0 aromatic carbocycles. The molecule has 0 fully saturated rings. The maximum atomic E-state index is 11.5. The minimum Gasteiger partial charge on any atom is -0.480 e. The number of amides is 1. The second kappa shape index (κ2) is 8.74. The standard InChI is InChI=1S/C13H26N2O4/c1-5-14-9-7-6-8-10(11(16)17)15-12(18)19-13(2,3)4/h10,14H,5-9H2,1-4H3,(H,15,18)(H,16,17). The van der Waals surface area contributed by atoms with Crippen LogP contribution in [0.1, 0.15) is 47.0 Å². The zero-order valence-corrected chi connectivity index (χ0v) is 12.3. The van der Waals surface area contributed by atoms with E-state index in [1.54, 1.807) is 20.8 Å². The van der Waals surface area contributed by atoms with Crippen LogP contribution in [0.3, 0.4) is 0 Å². The molecular weight excluding hydrogens is 248 g/mol. The molecule has 3 N–H and O–H groups in total.